The molecule has 0 aromatic heterocycles. The molecule has 2 rings (SSSR count). The lowest BCUT2D eigenvalue weighted by atomic mass is 9.84. The molecule has 2 unspecified atom stereocenters. The van der Waals surface area contributed by atoms with Crippen molar-refractivity contribution in [3.63, 3.8) is 0 Å². The number of rotatable bonds is 4. The van der Waals surface area contributed by atoms with Crippen LogP contribution in [0, 0.1) is 5.41 Å². The van der Waals surface area contributed by atoms with E-state index in [0.717, 1.165) is 39.0 Å². The predicted octanol–water partition coefficient (Wildman–Crippen LogP) is 1.66. The molecule has 0 aromatic carbocycles. The van der Waals surface area contributed by atoms with Crippen molar-refractivity contribution < 1.29 is 9.90 Å². The Kier molecular flexibility index (Phi) is 3.97. The monoisotopic (exact) mass is 254 g/mol. The SMILES string of the molecule is CCC1(C(=O)O)CCN(C2CCN(C(C)C)C2)C1. The number of likely N-dealkylation sites (tertiary alicyclic amines) is 2. The third-order valence-corrected chi connectivity index (χ3v) is 4.96. The Morgan fingerprint density at radius 1 is 1.44 bits per heavy atom. The van der Waals surface area contributed by atoms with Gasteiger partial charge in [0, 0.05) is 31.7 Å². The maximum absolute atomic E-state index is 11.5. The van der Waals surface area contributed by atoms with Crippen LogP contribution in [0.3, 0.4) is 0 Å². The molecule has 2 atom stereocenters. The zero-order valence-corrected chi connectivity index (χ0v) is 11.9. The summed E-state index contributed by atoms with van der Waals surface area (Å²) in [6.45, 7) is 10.4. The number of nitrogens with zero attached hydrogens (tertiary/aromatic N) is 2. The predicted molar refractivity (Wildman–Crippen MR) is 71.7 cm³/mol. The normalized spacial score (nSPS) is 34.6. The Balaban J connectivity index is 1.96. The maximum atomic E-state index is 11.5. The van der Waals surface area contributed by atoms with E-state index in [2.05, 4.69) is 23.6 Å². The second-order valence-corrected chi connectivity index (χ2v) is 6.19. The van der Waals surface area contributed by atoms with E-state index < -0.39 is 11.4 Å². The molecule has 0 saturated carbocycles. The lowest BCUT2D eigenvalue weighted by molar-refractivity contribution is -0.148. The first kappa shape index (κ1) is 13.8. The summed E-state index contributed by atoms with van der Waals surface area (Å²) in [5.41, 5.74) is -0.481. The molecule has 0 aromatic rings. The molecule has 104 valence electrons. The summed E-state index contributed by atoms with van der Waals surface area (Å²) >= 11 is 0. The van der Waals surface area contributed by atoms with Crippen LogP contribution >= 0.6 is 0 Å². The molecule has 18 heavy (non-hydrogen) atoms. The summed E-state index contributed by atoms with van der Waals surface area (Å²) in [4.78, 5) is 16.4. The van der Waals surface area contributed by atoms with E-state index in [1.165, 1.54) is 6.42 Å². The maximum Gasteiger partial charge on any atom is 0.310 e. The number of carbonyl (C=O) groups is 1. The van der Waals surface area contributed by atoms with Crippen LogP contribution in [0.2, 0.25) is 0 Å². The zero-order chi connectivity index (χ0) is 13.3. The number of hydrogen-bond donors (Lipinski definition) is 1. The fourth-order valence-corrected chi connectivity index (χ4v) is 3.37. The van der Waals surface area contributed by atoms with Gasteiger partial charge >= 0.3 is 5.97 Å². The van der Waals surface area contributed by atoms with Crippen LogP contribution in [0.15, 0.2) is 0 Å². The van der Waals surface area contributed by atoms with Crippen molar-refractivity contribution in [1.29, 1.82) is 0 Å². The molecular weight excluding hydrogens is 228 g/mol. The third-order valence-electron chi connectivity index (χ3n) is 4.96. The van der Waals surface area contributed by atoms with E-state index in [4.69, 9.17) is 0 Å². The molecule has 0 radical (unpaired) electrons. The van der Waals surface area contributed by atoms with Gasteiger partial charge in [0.1, 0.15) is 0 Å². The van der Waals surface area contributed by atoms with Crippen molar-refractivity contribution in [3.05, 3.63) is 0 Å². The Labute approximate surface area is 110 Å². The quantitative estimate of drug-likeness (QED) is 0.828. The number of aliphatic carboxylic acids is 1. The van der Waals surface area contributed by atoms with Crippen molar-refractivity contribution in [1.82, 2.24) is 9.80 Å². The van der Waals surface area contributed by atoms with Crippen LogP contribution in [0.5, 0.6) is 0 Å². The molecule has 2 fully saturated rings. The molecule has 2 heterocycles. The molecular formula is C14H26N2O2. The van der Waals surface area contributed by atoms with Crippen LogP contribution in [0.1, 0.15) is 40.0 Å². The van der Waals surface area contributed by atoms with Gasteiger partial charge in [-0.1, -0.05) is 6.92 Å². The van der Waals surface area contributed by atoms with Gasteiger partial charge in [0.15, 0.2) is 0 Å². The molecule has 1 N–H and O–H groups in total. The summed E-state index contributed by atoms with van der Waals surface area (Å²) < 4.78 is 0. The molecule has 0 aliphatic carbocycles. The minimum absolute atomic E-state index is 0.481. The molecule has 0 amide bonds. The fraction of sp³-hybridized carbons (Fsp3) is 0.929. The highest BCUT2D eigenvalue weighted by Gasteiger charge is 2.45. The lowest BCUT2D eigenvalue weighted by Crippen LogP contribution is -2.40. The van der Waals surface area contributed by atoms with Crippen LogP contribution in [0.4, 0.5) is 0 Å². The van der Waals surface area contributed by atoms with E-state index in [-0.39, 0.29) is 0 Å². The van der Waals surface area contributed by atoms with Crippen LogP contribution in [-0.4, -0.2) is 59.1 Å². The highest BCUT2D eigenvalue weighted by atomic mass is 16.4. The second kappa shape index (κ2) is 5.17. The first-order valence-electron chi connectivity index (χ1n) is 7.20. The van der Waals surface area contributed by atoms with E-state index in [9.17, 15) is 9.90 Å². The topological polar surface area (TPSA) is 43.8 Å². The molecule has 0 bridgehead atoms. The highest BCUT2D eigenvalue weighted by Crippen LogP contribution is 2.36. The Morgan fingerprint density at radius 3 is 2.61 bits per heavy atom. The summed E-state index contributed by atoms with van der Waals surface area (Å²) in [7, 11) is 0. The first-order valence-corrected chi connectivity index (χ1v) is 7.20. The van der Waals surface area contributed by atoms with E-state index >= 15 is 0 Å². The van der Waals surface area contributed by atoms with Crippen LogP contribution < -0.4 is 0 Å². The van der Waals surface area contributed by atoms with Crippen molar-refractivity contribution in [2.75, 3.05) is 26.2 Å². The fourth-order valence-electron chi connectivity index (χ4n) is 3.37. The summed E-state index contributed by atoms with van der Waals surface area (Å²) in [5, 5.41) is 9.43. The van der Waals surface area contributed by atoms with Gasteiger partial charge in [-0.15, -0.1) is 0 Å². The van der Waals surface area contributed by atoms with E-state index in [1.54, 1.807) is 0 Å². The average molecular weight is 254 g/mol. The Morgan fingerprint density at radius 2 is 2.17 bits per heavy atom. The number of carboxylic acids is 1. The van der Waals surface area contributed by atoms with Crippen molar-refractivity contribution in [2.24, 2.45) is 5.41 Å². The highest BCUT2D eigenvalue weighted by molar-refractivity contribution is 5.75. The van der Waals surface area contributed by atoms with E-state index in [1.807, 2.05) is 6.92 Å². The van der Waals surface area contributed by atoms with Gasteiger partial charge in [-0.2, -0.15) is 0 Å². The number of hydrogen-bond acceptors (Lipinski definition) is 3. The van der Waals surface area contributed by atoms with E-state index in [0.29, 0.717) is 12.1 Å². The molecule has 4 heteroatoms. The van der Waals surface area contributed by atoms with Crippen LogP contribution in [-0.2, 0) is 4.79 Å². The third kappa shape index (κ3) is 2.41. The van der Waals surface area contributed by atoms with Gasteiger partial charge in [-0.05, 0) is 39.7 Å². The standard InChI is InChI=1S/C14H26N2O2/c1-4-14(13(17)18)6-8-16(10-14)12-5-7-15(9-12)11(2)3/h11-12H,4-10H2,1-3H3,(H,17,18). The minimum Gasteiger partial charge on any atom is -0.481 e. The van der Waals surface area contributed by atoms with Gasteiger partial charge in [0.2, 0.25) is 0 Å². The summed E-state index contributed by atoms with van der Waals surface area (Å²) in [6.07, 6.45) is 2.76. The average Bonchev–Trinajstić information content (AvgIpc) is 2.96. The number of carboxylic acid groups (broad SMARTS) is 1. The summed E-state index contributed by atoms with van der Waals surface area (Å²) in [5.74, 6) is -0.605. The van der Waals surface area contributed by atoms with Gasteiger partial charge in [0.05, 0.1) is 5.41 Å². The van der Waals surface area contributed by atoms with Gasteiger partial charge in [-0.3, -0.25) is 14.6 Å². The molecule has 2 saturated heterocycles. The smallest absolute Gasteiger partial charge is 0.310 e. The largest absolute Gasteiger partial charge is 0.481 e. The molecule has 2 aliphatic heterocycles. The first-order chi connectivity index (χ1) is 8.48. The Bertz CT molecular complexity index is 319. The van der Waals surface area contributed by atoms with Crippen LogP contribution in [0.25, 0.3) is 0 Å². The molecule has 0 spiro atoms. The Hall–Kier alpha value is -0.610. The van der Waals surface area contributed by atoms with Gasteiger partial charge in [0.25, 0.3) is 0 Å². The van der Waals surface area contributed by atoms with Crippen molar-refractivity contribution in [3.8, 4) is 0 Å². The molecule has 4 nitrogen and oxygen atoms in total. The zero-order valence-electron chi connectivity index (χ0n) is 11.9. The van der Waals surface area contributed by atoms with Crippen molar-refractivity contribution >= 4 is 5.97 Å². The summed E-state index contributed by atoms with van der Waals surface area (Å²) in [6, 6.07) is 1.17. The molecule has 2 aliphatic rings. The minimum atomic E-state index is -0.605. The van der Waals surface area contributed by atoms with Gasteiger partial charge < -0.3 is 5.11 Å². The second-order valence-electron chi connectivity index (χ2n) is 6.19. The van der Waals surface area contributed by atoms with Crippen molar-refractivity contribution in [2.45, 2.75) is 52.1 Å². The van der Waals surface area contributed by atoms with Gasteiger partial charge in [-0.25, -0.2) is 0 Å². The lowest BCUT2D eigenvalue weighted by Gasteiger charge is -2.28.